The summed E-state index contributed by atoms with van der Waals surface area (Å²) in [6.45, 7) is 5.48. The predicted octanol–water partition coefficient (Wildman–Crippen LogP) is 3.07. The summed E-state index contributed by atoms with van der Waals surface area (Å²) in [5.41, 5.74) is 2.80. The molecule has 0 amide bonds. The van der Waals surface area contributed by atoms with E-state index in [0.717, 1.165) is 33.3 Å². The van der Waals surface area contributed by atoms with Gasteiger partial charge in [-0.1, -0.05) is 24.0 Å². The molecule has 2 N–H and O–H groups in total. The Morgan fingerprint density at radius 2 is 1.58 bits per heavy atom. The van der Waals surface area contributed by atoms with E-state index >= 15 is 0 Å². The summed E-state index contributed by atoms with van der Waals surface area (Å²) in [6, 6.07) is 18.8. The fourth-order valence-corrected chi connectivity index (χ4v) is 5.33. The van der Waals surface area contributed by atoms with E-state index in [1.165, 1.54) is 11.2 Å². The monoisotopic (exact) mass is 507 g/mol. The first-order chi connectivity index (χ1) is 17.2. The van der Waals surface area contributed by atoms with Gasteiger partial charge in [-0.2, -0.15) is 17.4 Å². The average molecular weight is 508 g/mol. The lowest BCUT2D eigenvalue weighted by molar-refractivity contribution is -0.138. The van der Waals surface area contributed by atoms with Crippen LogP contribution in [0.1, 0.15) is 25.0 Å². The van der Waals surface area contributed by atoms with E-state index < -0.39 is 22.2 Å². The lowest BCUT2D eigenvalue weighted by Gasteiger charge is -2.35. The van der Waals surface area contributed by atoms with Gasteiger partial charge in [0.15, 0.2) is 0 Å². The zero-order chi connectivity index (χ0) is 25.7. The molecular weight excluding hydrogens is 478 g/mol. The van der Waals surface area contributed by atoms with Crippen molar-refractivity contribution in [2.24, 2.45) is 0 Å². The van der Waals surface area contributed by atoms with Crippen molar-refractivity contribution in [2.45, 2.75) is 19.9 Å². The highest BCUT2D eigenvalue weighted by atomic mass is 32.2. The minimum absolute atomic E-state index is 0.275. The second kappa shape index (κ2) is 11.0. The third-order valence-corrected chi connectivity index (χ3v) is 7.68. The lowest BCUT2D eigenvalue weighted by atomic mass is 10.1. The molecule has 0 saturated carbocycles. The Balaban J connectivity index is 1.37. The quantitative estimate of drug-likeness (QED) is 0.477. The molecule has 0 aliphatic carbocycles. The third kappa shape index (κ3) is 6.15. The van der Waals surface area contributed by atoms with E-state index in [1.54, 1.807) is 0 Å². The van der Waals surface area contributed by atoms with E-state index in [0.29, 0.717) is 19.7 Å². The predicted molar refractivity (Wildman–Crippen MR) is 140 cm³/mol. The van der Waals surface area contributed by atoms with Gasteiger partial charge in [0.05, 0.1) is 6.61 Å². The van der Waals surface area contributed by atoms with E-state index in [2.05, 4.69) is 27.5 Å². The van der Waals surface area contributed by atoms with Crippen molar-refractivity contribution >= 4 is 32.6 Å². The van der Waals surface area contributed by atoms with Crippen LogP contribution in [0.3, 0.4) is 0 Å². The molecule has 1 fully saturated rings. The number of fused-ring (bicyclic) bond motifs is 1. The van der Waals surface area contributed by atoms with Gasteiger partial charge in [0, 0.05) is 43.0 Å². The number of benzene rings is 3. The van der Waals surface area contributed by atoms with Gasteiger partial charge < -0.3 is 14.7 Å². The molecule has 1 aliphatic rings. The van der Waals surface area contributed by atoms with Gasteiger partial charge in [-0.3, -0.25) is 4.79 Å². The van der Waals surface area contributed by atoms with Gasteiger partial charge in [-0.15, -0.1) is 0 Å². The molecular formula is C27H29N3O5S. The Bertz CT molecular complexity index is 1400. The van der Waals surface area contributed by atoms with Crippen molar-refractivity contribution < 1.29 is 23.1 Å². The van der Waals surface area contributed by atoms with Crippen LogP contribution in [0.25, 0.3) is 10.8 Å². The normalized spacial score (nSPS) is 15.2. The molecule has 9 heteroatoms. The summed E-state index contributed by atoms with van der Waals surface area (Å²) in [7, 11) is -3.84. The van der Waals surface area contributed by atoms with Crippen molar-refractivity contribution in [3.05, 3.63) is 71.8 Å². The number of hydrogen-bond donors (Lipinski definition) is 2. The Labute approximate surface area is 211 Å². The lowest BCUT2D eigenvalue weighted by Crippen LogP contribution is -2.54. The van der Waals surface area contributed by atoms with Gasteiger partial charge in [-0.25, -0.2) is 0 Å². The van der Waals surface area contributed by atoms with Crippen LogP contribution in [0.5, 0.6) is 5.75 Å². The molecule has 0 spiro atoms. The molecule has 36 heavy (non-hydrogen) atoms. The maximum Gasteiger partial charge on any atom is 0.321 e. The second-order valence-corrected chi connectivity index (χ2v) is 10.2. The van der Waals surface area contributed by atoms with Crippen LogP contribution in [-0.4, -0.2) is 62.6 Å². The number of nitrogens with zero attached hydrogens (tertiary/aromatic N) is 2. The average Bonchev–Trinajstić information content (AvgIpc) is 2.87. The summed E-state index contributed by atoms with van der Waals surface area (Å²) >= 11 is 0. The first kappa shape index (κ1) is 25.5. The molecule has 188 valence electrons. The Kier molecular flexibility index (Phi) is 7.79. The van der Waals surface area contributed by atoms with E-state index in [9.17, 15) is 13.2 Å². The number of rotatable bonds is 7. The highest BCUT2D eigenvalue weighted by molar-refractivity contribution is 7.87. The summed E-state index contributed by atoms with van der Waals surface area (Å²) < 4.78 is 33.8. The number of aliphatic carboxylic acids is 1. The molecule has 0 bridgehead atoms. The standard InChI is InChI=1S/C27H29N3O5S/c1-3-35-26-13-10-23-18-22(6-9-24(23)19-26)5-4-21-7-11-25(12-8-21)29-14-16-30(17-15-29)36(33,34)28-20(2)27(31)32/h6-13,18-20,28H,3,14-17H2,1-2H3,(H,31,32)/t20-/m1/s1. The van der Waals surface area contributed by atoms with Crippen molar-refractivity contribution in [2.75, 3.05) is 37.7 Å². The van der Waals surface area contributed by atoms with Crippen molar-refractivity contribution in [1.29, 1.82) is 0 Å². The zero-order valence-corrected chi connectivity index (χ0v) is 21.1. The van der Waals surface area contributed by atoms with Crippen LogP contribution in [-0.2, 0) is 15.0 Å². The fourth-order valence-electron chi connectivity index (χ4n) is 3.99. The summed E-state index contributed by atoms with van der Waals surface area (Å²) in [4.78, 5) is 13.1. The van der Waals surface area contributed by atoms with Crippen molar-refractivity contribution in [3.63, 3.8) is 0 Å². The van der Waals surface area contributed by atoms with E-state index in [4.69, 9.17) is 9.84 Å². The number of carboxylic acids is 1. The van der Waals surface area contributed by atoms with Crippen LogP contribution in [0, 0.1) is 11.8 Å². The van der Waals surface area contributed by atoms with Crippen molar-refractivity contribution in [1.82, 2.24) is 9.03 Å². The minimum atomic E-state index is -3.84. The van der Waals surface area contributed by atoms with E-state index in [-0.39, 0.29) is 13.1 Å². The minimum Gasteiger partial charge on any atom is -0.494 e. The number of carbonyl (C=O) groups is 1. The molecule has 1 aliphatic heterocycles. The molecule has 0 aromatic heterocycles. The summed E-state index contributed by atoms with van der Waals surface area (Å²) in [6.07, 6.45) is 0. The van der Waals surface area contributed by atoms with Crippen LogP contribution >= 0.6 is 0 Å². The highest BCUT2D eigenvalue weighted by Crippen LogP contribution is 2.22. The number of ether oxygens (including phenoxy) is 1. The van der Waals surface area contributed by atoms with Gasteiger partial charge >= 0.3 is 5.97 Å². The second-order valence-electron chi connectivity index (χ2n) is 8.52. The number of hydrogen-bond acceptors (Lipinski definition) is 5. The first-order valence-electron chi connectivity index (χ1n) is 11.8. The number of carboxylic acid groups (broad SMARTS) is 1. The van der Waals surface area contributed by atoms with Gasteiger partial charge in [0.2, 0.25) is 0 Å². The topological polar surface area (TPSA) is 99.2 Å². The SMILES string of the molecule is CCOc1ccc2cc(C#Cc3ccc(N4CCN(S(=O)(=O)N[C@H](C)C(=O)O)CC4)cc3)ccc2c1. The maximum atomic E-state index is 12.4. The fraction of sp³-hybridized carbons (Fsp3) is 0.296. The van der Waals surface area contributed by atoms with Crippen LogP contribution < -0.4 is 14.4 Å². The Morgan fingerprint density at radius 1 is 0.972 bits per heavy atom. The molecule has 0 radical (unpaired) electrons. The summed E-state index contributed by atoms with van der Waals surface area (Å²) in [5.74, 6) is 6.07. The number of anilines is 1. The molecule has 1 atom stereocenters. The van der Waals surface area contributed by atoms with Crippen molar-refractivity contribution in [3.8, 4) is 17.6 Å². The maximum absolute atomic E-state index is 12.4. The molecule has 3 aromatic carbocycles. The van der Waals surface area contributed by atoms with Crippen LogP contribution in [0.2, 0.25) is 0 Å². The zero-order valence-electron chi connectivity index (χ0n) is 20.3. The largest absolute Gasteiger partial charge is 0.494 e. The molecule has 4 rings (SSSR count). The molecule has 8 nitrogen and oxygen atoms in total. The molecule has 1 heterocycles. The van der Waals surface area contributed by atoms with Crippen LogP contribution in [0.4, 0.5) is 5.69 Å². The smallest absolute Gasteiger partial charge is 0.321 e. The molecule has 1 saturated heterocycles. The Morgan fingerprint density at radius 3 is 2.25 bits per heavy atom. The Hall–Kier alpha value is -3.58. The highest BCUT2D eigenvalue weighted by Gasteiger charge is 2.29. The summed E-state index contributed by atoms with van der Waals surface area (Å²) in [5, 5.41) is 11.2. The number of piperazine rings is 1. The molecule has 3 aromatic rings. The van der Waals surface area contributed by atoms with Gasteiger partial charge in [0.1, 0.15) is 11.8 Å². The molecule has 0 unspecified atom stereocenters. The third-order valence-electron chi connectivity index (χ3n) is 5.98. The van der Waals surface area contributed by atoms with Gasteiger partial charge in [-0.05, 0) is 73.2 Å². The van der Waals surface area contributed by atoms with E-state index in [1.807, 2.05) is 61.5 Å². The van der Waals surface area contributed by atoms with Gasteiger partial charge in [0.25, 0.3) is 10.2 Å². The van der Waals surface area contributed by atoms with Crippen LogP contribution in [0.15, 0.2) is 60.7 Å². The number of nitrogens with one attached hydrogen (secondary N) is 1. The first-order valence-corrected chi connectivity index (χ1v) is 13.2.